The van der Waals surface area contributed by atoms with Crippen molar-refractivity contribution in [1.29, 1.82) is 0 Å². The zero-order valence-electron chi connectivity index (χ0n) is 10.3. The van der Waals surface area contributed by atoms with Crippen molar-refractivity contribution < 1.29 is 14.7 Å². The maximum atomic E-state index is 11.9. The van der Waals surface area contributed by atoms with Gasteiger partial charge in [-0.3, -0.25) is 20.4 Å². The molecule has 1 aliphatic heterocycles. The van der Waals surface area contributed by atoms with Crippen molar-refractivity contribution in [2.24, 2.45) is 5.92 Å². The maximum Gasteiger partial charge on any atom is 0.253 e. The number of carbonyl (C=O) groups excluding carboxylic acids is 2. The van der Waals surface area contributed by atoms with Crippen molar-refractivity contribution in [2.45, 2.75) is 12.5 Å². The smallest absolute Gasteiger partial charge is 0.253 e. The Bertz CT molecular complexity index is 518. The summed E-state index contributed by atoms with van der Waals surface area (Å²) in [5, 5.41) is 13.0. The summed E-state index contributed by atoms with van der Waals surface area (Å²) in [5.74, 6) is -2.25. The van der Waals surface area contributed by atoms with Crippen molar-refractivity contribution in [3.05, 3.63) is 28.2 Å². The monoisotopic (exact) mass is 317 g/mol. The summed E-state index contributed by atoms with van der Waals surface area (Å²) in [6.45, 7) is 0.362. The standard InChI is InChI=1S/C12H13Cl2N3O3/c13-6-3-7(14)5-8(4-6)16-17-12(20)10-9(18)1-2-15-11(10)19/h3-5,9-10,16,18H,1-2H2,(H,15,19)(H,17,20). The molecule has 0 saturated carbocycles. The lowest BCUT2D eigenvalue weighted by molar-refractivity contribution is -0.142. The van der Waals surface area contributed by atoms with Crippen LogP contribution in [0.25, 0.3) is 0 Å². The number of anilines is 1. The highest BCUT2D eigenvalue weighted by molar-refractivity contribution is 6.35. The van der Waals surface area contributed by atoms with Crippen LogP contribution in [0.1, 0.15) is 6.42 Å². The molecule has 8 heteroatoms. The molecule has 0 spiro atoms. The first kappa shape index (κ1) is 14.9. The molecule has 1 saturated heterocycles. The summed E-state index contributed by atoms with van der Waals surface area (Å²) in [6.07, 6.45) is -0.652. The van der Waals surface area contributed by atoms with Crippen molar-refractivity contribution >= 4 is 40.7 Å². The van der Waals surface area contributed by atoms with Gasteiger partial charge in [-0.25, -0.2) is 0 Å². The molecule has 2 rings (SSSR count). The summed E-state index contributed by atoms with van der Waals surface area (Å²) < 4.78 is 0. The van der Waals surface area contributed by atoms with E-state index in [4.69, 9.17) is 23.2 Å². The number of nitrogens with one attached hydrogen (secondary N) is 3. The molecule has 0 aromatic heterocycles. The molecule has 0 aliphatic carbocycles. The molecule has 108 valence electrons. The third kappa shape index (κ3) is 3.53. The van der Waals surface area contributed by atoms with E-state index in [2.05, 4.69) is 16.2 Å². The number of halogens is 2. The van der Waals surface area contributed by atoms with Crippen LogP contribution >= 0.6 is 23.2 Å². The third-order valence-electron chi connectivity index (χ3n) is 2.88. The molecule has 1 heterocycles. The minimum Gasteiger partial charge on any atom is -0.392 e. The fourth-order valence-electron chi connectivity index (χ4n) is 1.93. The molecule has 1 aromatic rings. The molecule has 6 nitrogen and oxygen atoms in total. The molecule has 1 aromatic carbocycles. The Hall–Kier alpha value is -1.50. The molecule has 0 bridgehead atoms. The van der Waals surface area contributed by atoms with Crippen LogP contribution in [-0.2, 0) is 9.59 Å². The van der Waals surface area contributed by atoms with Crippen LogP contribution < -0.4 is 16.2 Å². The summed E-state index contributed by atoms with van der Waals surface area (Å²) in [7, 11) is 0. The second-order valence-electron chi connectivity index (χ2n) is 4.40. The van der Waals surface area contributed by atoms with E-state index in [0.717, 1.165) is 0 Å². The number of aliphatic hydroxyl groups is 1. The van der Waals surface area contributed by atoms with Crippen LogP contribution in [0.2, 0.25) is 10.0 Å². The lowest BCUT2D eigenvalue weighted by Crippen LogP contribution is -2.52. The minimum absolute atomic E-state index is 0.340. The molecular formula is C12H13Cl2N3O3. The first-order chi connectivity index (χ1) is 9.47. The van der Waals surface area contributed by atoms with Crippen molar-refractivity contribution in [2.75, 3.05) is 12.0 Å². The normalized spacial score (nSPS) is 22.1. The van der Waals surface area contributed by atoms with E-state index in [0.29, 0.717) is 28.7 Å². The zero-order valence-corrected chi connectivity index (χ0v) is 11.8. The summed E-state index contributed by atoms with van der Waals surface area (Å²) >= 11 is 11.6. The number of amides is 2. The first-order valence-corrected chi connectivity index (χ1v) is 6.70. The van der Waals surface area contributed by atoms with Crippen LogP contribution in [0.3, 0.4) is 0 Å². The number of hydrogen-bond acceptors (Lipinski definition) is 4. The first-order valence-electron chi connectivity index (χ1n) is 5.95. The Labute approximate surface area is 125 Å². The molecule has 1 aliphatic rings. The highest BCUT2D eigenvalue weighted by Gasteiger charge is 2.36. The van der Waals surface area contributed by atoms with E-state index in [1.165, 1.54) is 0 Å². The molecule has 2 amide bonds. The van der Waals surface area contributed by atoms with Gasteiger partial charge in [0.1, 0.15) is 5.92 Å². The van der Waals surface area contributed by atoms with E-state index < -0.39 is 23.8 Å². The van der Waals surface area contributed by atoms with E-state index in [-0.39, 0.29) is 0 Å². The number of rotatable bonds is 3. The van der Waals surface area contributed by atoms with Crippen LogP contribution in [0.15, 0.2) is 18.2 Å². The Balaban J connectivity index is 1.99. The second kappa shape index (κ2) is 6.30. The largest absolute Gasteiger partial charge is 0.392 e. The molecule has 2 unspecified atom stereocenters. The summed E-state index contributed by atoms with van der Waals surface area (Å²) in [4.78, 5) is 23.5. The van der Waals surface area contributed by atoms with Crippen LogP contribution in [-0.4, -0.2) is 29.6 Å². The Morgan fingerprint density at radius 3 is 2.55 bits per heavy atom. The van der Waals surface area contributed by atoms with Gasteiger partial charge in [0, 0.05) is 16.6 Å². The quantitative estimate of drug-likeness (QED) is 0.493. The fraction of sp³-hybridized carbons (Fsp3) is 0.333. The maximum absolute atomic E-state index is 11.9. The number of hydrazine groups is 1. The fourth-order valence-corrected chi connectivity index (χ4v) is 2.45. The van der Waals surface area contributed by atoms with Gasteiger partial charge in [0.15, 0.2) is 0 Å². The average molecular weight is 318 g/mol. The van der Waals surface area contributed by atoms with Crippen LogP contribution in [0.5, 0.6) is 0 Å². The summed E-state index contributed by atoms with van der Waals surface area (Å²) in [5.41, 5.74) is 5.44. The number of benzene rings is 1. The van der Waals surface area contributed by atoms with E-state index in [1.54, 1.807) is 18.2 Å². The SMILES string of the molecule is O=C1NCCC(O)C1C(=O)NNc1cc(Cl)cc(Cl)c1. The highest BCUT2D eigenvalue weighted by atomic mass is 35.5. The Kier molecular flexibility index (Phi) is 4.69. The third-order valence-corrected chi connectivity index (χ3v) is 3.32. The van der Waals surface area contributed by atoms with E-state index in [1.807, 2.05) is 0 Å². The van der Waals surface area contributed by atoms with Gasteiger partial charge >= 0.3 is 0 Å². The van der Waals surface area contributed by atoms with Gasteiger partial charge in [0.05, 0.1) is 11.8 Å². The van der Waals surface area contributed by atoms with Crippen molar-refractivity contribution in [3.8, 4) is 0 Å². The van der Waals surface area contributed by atoms with Gasteiger partial charge in [0.25, 0.3) is 5.91 Å². The van der Waals surface area contributed by atoms with Gasteiger partial charge in [-0.15, -0.1) is 0 Å². The van der Waals surface area contributed by atoms with Crippen LogP contribution in [0.4, 0.5) is 5.69 Å². The predicted molar refractivity (Wildman–Crippen MR) is 75.4 cm³/mol. The molecule has 2 atom stereocenters. The molecule has 20 heavy (non-hydrogen) atoms. The zero-order chi connectivity index (χ0) is 14.7. The van der Waals surface area contributed by atoms with Gasteiger partial charge < -0.3 is 10.4 Å². The molecule has 4 N–H and O–H groups in total. The minimum atomic E-state index is -1.13. The van der Waals surface area contributed by atoms with Gasteiger partial charge in [0.2, 0.25) is 5.91 Å². The lowest BCUT2D eigenvalue weighted by atomic mass is 9.95. The Morgan fingerprint density at radius 2 is 1.95 bits per heavy atom. The number of piperidine rings is 1. The Morgan fingerprint density at radius 1 is 1.30 bits per heavy atom. The molecule has 1 fully saturated rings. The average Bonchev–Trinajstić information content (AvgIpc) is 2.35. The van der Waals surface area contributed by atoms with Crippen LogP contribution in [0, 0.1) is 5.92 Å². The highest BCUT2D eigenvalue weighted by Crippen LogP contribution is 2.22. The summed E-state index contributed by atoms with van der Waals surface area (Å²) in [6, 6.07) is 4.67. The van der Waals surface area contributed by atoms with Crippen molar-refractivity contribution in [3.63, 3.8) is 0 Å². The topological polar surface area (TPSA) is 90.5 Å². The number of aliphatic hydroxyl groups excluding tert-OH is 1. The van der Waals surface area contributed by atoms with E-state index in [9.17, 15) is 14.7 Å². The number of carbonyl (C=O) groups is 2. The molecular weight excluding hydrogens is 305 g/mol. The van der Waals surface area contributed by atoms with E-state index >= 15 is 0 Å². The predicted octanol–water partition coefficient (Wildman–Crippen LogP) is 0.934. The van der Waals surface area contributed by atoms with Crippen molar-refractivity contribution in [1.82, 2.24) is 10.7 Å². The van der Waals surface area contributed by atoms with Gasteiger partial charge in [-0.05, 0) is 24.6 Å². The van der Waals surface area contributed by atoms with Gasteiger partial charge in [-0.2, -0.15) is 0 Å². The second-order valence-corrected chi connectivity index (χ2v) is 5.27. The lowest BCUT2D eigenvalue weighted by Gasteiger charge is -2.26. The number of hydrogen-bond donors (Lipinski definition) is 4. The molecule has 0 radical (unpaired) electrons. The van der Waals surface area contributed by atoms with Gasteiger partial charge in [-0.1, -0.05) is 23.2 Å².